The molecule has 3 rings (SSSR count). The molecule has 0 spiro atoms. The molecule has 3 nitrogen and oxygen atoms in total. The highest BCUT2D eigenvalue weighted by Crippen LogP contribution is 2.31. The Morgan fingerprint density at radius 1 is 1.37 bits per heavy atom. The summed E-state index contributed by atoms with van der Waals surface area (Å²) in [7, 11) is 0. The third kappa shape index (κ3) is 2.19. The molecule has 2 aromatic rings. The lowest BCUT2D eigenvalue weighted by molar-refractivity contribution is 0.467. The van der Waals surface area contributed by atoms with Crippen LogP contribution in [0.2, 0.25) is 0 Å². The average molecular weight is 255 g/mol. The molecule has 1 aliphatic rings. The van der Waals surface area contributed by atoms with Crippen molar-refractivity contribution >= 4 is 0 Å². The van der Waals surface area contributed by atoms with Crippen molar-refractivity contribution in [3.05, 3.63) is 47.3 Å². The lowest BCUT2D eigenvalue weighted by Gasteiger charge is -2.24. The Hall–Kier alpha value is -1.61. The zero-order chi connectivity index (χ0) is 13.2. The molecule has 0 radical (unpaired) electrons. The molecular formula is C16H21N3. The normalized spacial score (nSPS) is 18.3. The number of aromatic nitrogens is 2. The molecule has 1 aromatic carbocycles. The van der Waals surface area contributed by atoms with Crippen LogP contribution in [0.25, 0.3) is 5.69 Å². The van der Waals surface area contributed by atoms with E-state index in [0.717, 1.165) is 13.0 Å². The molecule has 0 bridgehead atoms. The first kappa shape index (κ1) is 12.4. The van der Waals surface area contributed by atoms with Gasteiger partial charge in [-0.1, -0.05) is 25.1 Å². The third-order valence-electron chi connectivity index (χ3n) is 3.98. The maximum Gasteiger partial charge on any atom is 0.0678 e. The van der Waals surface area contributed by atoms with E-state index in [1.807, 2.05) is 6.20 Å². The van der Waals surface area contributed by atoms with E-state index in [9.17, 15) is 0 Å². The molecule has 0 saturated carbocycles. The number of nitrogens with one attached hydrogen (secondary N) is 1. The van der Waals surface area contributed by atoms with Crippen molar-refractivity contribution in [1.29, 1.82) is 0 Å². The van der Waals surface area contributed by atoms with Crippen LogP contribution < -0.4 is 5.32 Å². The van der Waals surface area contributed by atoms with Gasteiger partial charge in [-0.05, 0) is 44.4 Å². The Balaban J connectivity index is 2.04. The molecule has 0 aliphatic heterocycles. The molecule has 1 atom stereocenters. The molecule has 3 heteroatoms. The number of aryl methyl sites for hydroxylation is 1. The zero-order valence-corrected chi connectivity index (χ0v) is 11.7. The van der Waals surface area contributed by atoms with Gasteiger partial charge in [0, 0.05) is 17.3 Å². The van der Waals surface area contributed by atoms with Crippen molar-refractivity contribution in [1.82, 2.24) is 15.1 Å². The number of hydrogen-bond acceptors (Lipinski definition) is 2. The van der Waals surface area contributed by atoms with E-state index in [2.05, 4.69) is 53.2 Å². The minimum absolute atomic E-state index is 0.478. The van der Waals surface area contributed by atoms with E-state index in [1.165, 1.54) is 35.3 Å². The van der Waals surface area contributed by atoms with E-state index < -0.39 is 0 Å². The highest BCUT2D eigenvalue weighted by Gasteiger charge is 2.24. The molecule has 0 fully saturated rings. The second-order valence-corrected chi connectivity index (χ2v) is 5.25. The highest BCUT2D eigenvalue weighted by atomic mass is 15.3. The van der Waals surface area contributed by atoms with Crippen LogP contribution in [0, 0.1) is 6.92 Å². The van der Waals surface area contributed by atoms with Gasteiger partial charge in [-0.3, -0.25) is 0 Å². The van der Waals surface area contributed by atoms with Crippen LogP contribution in [0.1, 0.15) is 42.6 Å². The van der Waals surface area contributed by atoms with Gasteiger partial charge in [-0.25, -0.2) is 4.68 Å². The summed E-state index contributed by atoms with van der Waals surface area (Å²) in [6, 6.07) is 8.94. The lowest BCUT2D eigenvalue weighted by Crippen LogP contribution is -2.25. The van der Waals surface area contributed by atoms with E-state index in [0.29, 0.717) is 6.04 Å². The monoisotopic (exact) mass is 255 g/mol. The van der Waals surface area contributed by atoms with Crippen molar-refractivity contribution in [2.75, 3.05) is 6.54 Å². The van der Waals surface area contributed by atoms with Gasteiger partial charge < -0.3 is 5.32 Å². The summed E-state index contributed by atoms with van der Waals surface area (Å²) in [5, 5.41) is 8.20. The molecule has 19 heavy (non-hydrogen) atoms. The molecule has 0 amide bonds. The van der Waals surface area contributed by atoms with Crippen LogP contribution in [-0.4, -0.2) is 16.3 Å². The predicted octanol–water partition coefficient (Wildman–Crippen LogP) is 3.17. The fraction of sp³-hybridized carbons (Fsp3) is 0.438. The molecule has 1 heterocycles. The van der Waals surface area contributed by atoms with Gasteiger partial charge in [0.25, 0.3) is 0 Å². The lowest BCUT2D eigenvalue weighted by atomic mass is 9.93. The fourth-order valence-corrected chi connectivity index (χ4v) is 3.02. The Morgan fingerprint density at radius 3 is 3.00 bits per heavy atom. The standard InChI is InChI=1S/C16H21N3/c1-3-17-14-8-6-10-16-13(14)11-18-19(16)15-9-5-4-7-12(15)2/h4-5,7,9,11,14,17H,3,6,8,10H2,1-2H3. The van der Waals surface area contributed by atoms with Crippen LogP contribution in [0.3, 0.4) is 0 Å². The molecule has 1 N–H and O–H groups in total. The van der Waals surface area contributed by atoms with Crippen molar-refractivity contribution in [3.8, 4) is 5.69 Å². The van der Waals surface area contributed by atoms with Crippen LogP contribution in [0.5, 0.6) is 0 Å². The van der Waals surface area contributed by atoms with Crippen molar-refractivity contribution in [2.24, 2.45) is 0 Å². The number of para-hydroxylation sites is 1. The van der Waals surface area contributed by atoms with E-state index in [4.69, 9.17) is 0 Å². The van der Waals surface area contributed by atoms with E-state index in [-0.39, 0.29) is 0 Å². The summed E-state index contributed by atoms with van der Waals surface area (Å²) in [5.41, 5.74) is 5.25. The minimum Gasteiger partial charge on any atom is -0.310 e. The molecule has 0 saturated heterocycles. The van der Waals surface area contributed by atoms with E-state index >= 15 is 0 Å². The van der Waals surface area contributed by atoms with Gasteiger partial charge in [0.05, 0.1) is 11.9 Å². The minimum atomic E-state index is 0.478. The van der Waals surface area contributed by atoms with Crippen LogP contribution in [0.4, 0.5) is 0 Å². The number of benzene rings is 1. The van der Waals surface area contributed by atoms with Crippen LogP contribution >= 0.6 is 0 Å². The van der Waals surface area contributed by atoms with Gasteiger partial charge in [0.15, 0.2) is 0 Å². The average Bonchev–Trinajstić information content (AvgIpc) is 2.85. The topological polar surface area (TPSA) is 29.9 Å². The predicted molar refractivity (Wildman–Crippen MR) is 77.7 cm³/mol. The Kier molecular flexibility index (Phi) is 3.38. The summed E-state index contributed by atoms with van der Waals surface area (Å²) < 4.78 is 2.13. The van der Waals surface area contributed by atoms with Crippen molar-refractivity contribution in [2.45, 2.75) is 39.2 Å². The van der Waals surface area contributed by atoms with Crippen LogP contribution in [-0.2, 0) is 6.42 Å². The molecule has 1 aliphatic carbocycles. The molecule has 1 unspecified atom stereocenters. The number of fused-ring (bicyclic) bond motifs is 1. The number of nitrogens with zero attached hydrogens (tertiary/aromatic N) is 2. The second kappa shape index (κ2) is 5.17. The SMILES string of the molecule is CCNC1CCCc2c1cnn2-c1ccccc1C. The first-order chi connectivity index (χ1) is 9.31. The Labute approximate surface area is 114 Å². The fourth-order valence-electron chi connectivity index (χ4n) is 3.02. The first-order valence-corrected chi connectivity index (χ1v) is 7.17. The quantitative estimate of drug-likeness (QED) is 0.913. The summed E-state index contributed by atoms with van der Waals surface area (Å²) >= 11 is 0. The summed E-state index contributed by atoms with van der Waals surface area (Å²) in [6.45, 7) is 5.33. The van der Waals surface area contributed by atoms with Crippen molar-refractivity contribution in [3.63, 3.8) is 0 Å². The highest BCUT2D eigenvalue weighted by molar-refractivity contribution is 5.42. The Morgan fingerprint density at radius 2 is 2.21 bits per heavy atom. The largest absolute Gasteiger partial charge is 0.310 e. The van der Waals surface area contributed by atoms with Gasteiger partial charge in [0.1, 0.15) is 0 Å². The summed E-state index contributed by atoms with van der Waals surface area (Å²) in [5.74, 6) is 0. The maximum absolute atomic E-state index is 4.64. The van der Waals surface area contributed by atoms with Crippen LogP contribution in [0.15, 0.2) is 30.5 Å². The van der Waals surface area contributed by atoms with E-state index in [1.54, 1.807) is 0 Å². The first-order valence-electron chi connectivity index (χ1n) is 7.17. The second-order valence-electron chi connectivity index (χ2n) is 5.25. The summed E-state index contributed by atoms with van der Waals surface area (Å²) in [4.78, 5) is 0. The zero-order valence-electron chi connectivity index (χ0n) is 11.7. The molecule has 1 aromatic heterocycles. The maximum atomic E-state index is 4.64. The Bertz CT molecular complexity index is 571. The number of rotatable bonds is 3. The summed E-state index contributed by atoms with van der Waals surface area (Å²) in [6.07, 6.45) is 5.64. The smallest absolute Gasteiger partial charge is 0.0678 e. The van der Waals surface area contributed by atoms with Crippen molar-refractivity contribution < 1.29 is 0 Å². The molecular weight excluding hydrogens is 234 g/mol. The van der Waals surface area contributed by atoms with Gasteiger partial charge in [0.2, 0.25) is 0 Å². The molecule has 100 valence electrons. The van der Waals surface area contributed by atoms with Gasteiger partial charge >= 0.3 is 0 Å². The number of hydrogen-bond donors (Lipinski definition) is 1. The van der Waals surface area contributed by atoms with Gasteiger partial charge in [-0.15, -0.1) is 0 Å². The van der Waals surface area contributed by atoms with Gasteiger partial charge in [-0.2, -0.15) is 5.10 Å². The third-order valence-corrected chi connectivity index (χ3v) is 3.98.